The number of nitrogens with zero attached hydrogens (tertiary/aromatic N) is 4. The summed E-state index contributed by atoms with van der Waals surface area (Å²) in [5.41, 5.74) is 4.73. The Bertz CT molecular complexity index is 1040. The maximum absolute atomic E-state index is 5.07. The third-order valence-corrected chi connectivity index (χ3v) is 5.13. The second-order valence-electron chi connectivity index (χ2n) is 6.68. The molecule has 5 nitrogen and oxygen atoms in total. The Morgan fingerprint density at radius 1 is 1.08 bits per heavy atom. The number of aromatic nitrogens is 2. The van der Waals surface area contributed by atoms with Gasteiger partial charge in [0.2, 0.25) is 0 Å². The van der Waals surface area contributed by atoms with Crippen molar-refractivity contribution < 1.29 is 0 Å². The van der Waals surface area contributed by atoms with E-state index in [1.807, 2.05) is 42.7 Å². The van der Waals surface area contributed by atoms with Crippen molar-refractivity contribution in [2.45, 2.75) is 18.5 Å². The predicted octanol–water partition coefficient (Wildman–Crippen LogP) is 3.10. The van der Waals surface area contributed by atoms with Gasteiger partial charge in [-0.15, -0.1) is 0 Å². The number of nitrogens with one attached hydrogen (secondary N) is 1. The Kier molecular flexibility index (Phi) is 3.28. The second-order valence-corrected chi connectivity index (χ2v) is 6.68. The van der Waals surface area contributed by atoms with Gasteiger partial charge in [0.1, 0.15) is 5.84 Å². The minimum atomic E-state index is -0.470. The maximum Gasteiger partial charge on any atom is 0.198 e. The van der Waals surface area contributed by atoms with Crippen LogP contribution >= 0.6 is 0 Å². The standard InChI is InChI=1S/C21H19N5/c1-26-19-10-4-6-15-7-5-13-23-21(15,19)25-20(26)12-11-16-14-22-17-8-2-3-9-18(17)24-16/h2-10,13-14,23H,11-12H2,1H3. The van der Waals surface area contributed by atoms with E-state index in [-0.39, 0.29) is 0 Å². The predicted molar refractivity (Wildman–Crippen MR) is 103 cm³/mol. The van der Waals surface area contributed by atoms with Crippen LogP contribution in [-0.4, -0.2) is 33.4 Å². The summed E-state index contributed by atoms with van der Waals surface area (Å²) < 4.78 is 0. The molecule has 3 aliphatic rings. The van der Waals surface area contributed by atoms with Crippen molar-refractivity contribution in [2.75, 3.05) is 7.05 Å². The van der Waals surface area contributed by atoms with E-state index in [1.54, 1.807) is 0 Å². The van der Waals surface area contributed by atoms with E-state index in [1.165, 1.54) is 5.57 Å². The van der Waals surface area contributed by atoms with Crippen molar-refractivity contribution in [3.63, 3.8) is 0 Å². The zero-order valence-corrected chi connectivity index (χ0v) is 14.6. The van der Waals surface area contributed by atoms with Gasteiger partial charge in [-0.05, 0) is 36.9 Å². The third kappa shape index (κ3) is 2.20. The molecule has 2 aliphatic heterocycles. The maximum atomic E-state index is 5.07. The molecule has 0 saturated carbocycles. The molecule has 3 heterocycles. The molecule has 0 radical (unpaired) electrons. The molecule has 1 spiro atoms. The molecule has 0 saturated heterocycles. The Hall–Kier alpha value is -3.21. The fourth-order valence-corrected chi connectivity index (χ4v) is 3.78. The van der Waals surface area contributed by atoms with Gasteiger partial charge in [-0.25, -0.2) is 9.98 Å². The van der Waals surface area contributed by atoms with Gasteiger partial charge in [0.25, 0.3) is 0 Å². The van der Waals surface area contributed by atoms with E-state index in [9.17, 15) is 0 Å². The van der Waals surface area contributed by atoms with Crippen LogP contribution in [0.5, 0.6) is 0 Å². The van der Waals surface area contributed by atoms with Gasteiger partial charge in [-0.1, -0.05) is 30.4 Å². The Labute approximate surface area is 152 Å². The van der Waals surface area contributed by atoms with Gasteiger partial charge in [-0.3, -0.25) is 4.98 Å². The number of rotatable bonds is 3. The van der Waals surface area contributed by atoms with E-state index in [0.29, 0.717) is 0 Å². The average Bonchev–Trinajstić information content (AvgIpc) is 2.97. The second kappa shape index (κ2) is 5.66. The van der Waals surface area contributed by atoms with E-state index in [2.05, 4.69) is 46.6 Å². The fourth-order valence-electron chi connectivity index (χ4n) is 3.78. The van der Waals surface area contributed by atoms with E-state index in [0.717, 1.165) is 41.1 Å². The van der Waals surface area contributed by atoms with Gasteiger partial charge in [0, 0.05) is 25.2 Å². The fraction of sp³-hybridized carbons (Fsp3) is 0.190. The van der Waals surface area contributed by atoms with Gasteiger partial charge >= 0.3 is 0 Å². The molecule has 26 heavy (non-hydrogen) atoms. The van der Waals surface area contributed by atoms with Gasteiger partial charge in [0.15, 0.2) is 5.66 Å². The molecule has 1 atom stereocenters. The third-order valence-electron chi connectivity index (χ3n) is 5.13. The number of hydrogen-bond donors (Lipinski definition) is 1. The van der Waals surface area contributed by atoms with Gasteiger partial charge < -0.3 is 10.2 Å². The summed E-state index contributed by atoms with van der Waals surface area (Å²) in [6, 6.07) is 7.97. The van der Waals surface area contributed by atoms with E-state index < -0.39 is 5.66 Å². The van der Waals surface area contributed by atoms with Crippen LogP contribution < -0.4 is 5.32 Å². The normalized spacial score (nSPS) is 23.1. The summed E-state index contributed by atoms with van der Waals surface area (Å²) in [7, 11) is 2.09. The first-order valence-corrected chi connectivity index (χ1v) is 8.83. The summed E-state index contributed by atoms with van der Waals surface area (Å²) in [6.07, 6.45) is 16.0. The number of fused-ring (bicyclic) bond motifs is 1. The number of hydrogen-bond acceptors (Lipinski definition) is 5. The lowest BCUT2D eigenvalue weighted by Gasteiger charge is -2.34. The molecule has 128 valence electrons. The van der Waals surface area contributed by atoms with Crippen LogP contribution in [0.1, 0.15) is 12.1 Å². The molecule has 0 amide bonds. The number of aryl methyl sites for hydroxylation is 1. The smallest absolute Gasteiger partial charge is 0.198 e. The van der Waals surface area contributed by atoms with Crippen LogP contribution in [0.4, 0.5) is 0 Å². The van der Waals surface area contributed by atoms with Crippen LogP contribution in [0.25, 0.3) is 11.0 Å². The van der Waals surface area contributed by atoms with Crippen LogP contribution in [0.3, 0.4) is 0 Å². The number of para-hydroxylation sites is 2. The first kappa shape index (κ1) is 15.1. The highest BCUT2D eigenvalue weighted by Crippen LogP contribution is 2.40. The lowest BCUT2D eigenvalue weighted by molar-refractivity contribution is 0.470. The van der Waals surface area contributed by atoms with Crippen molar-refractivity contribution in [3.8, 4) is 0 Å². The van der Waals surface area contributed by atoms with Crippen molar-refractivity contribution in [1.82, 2.24) is 20.2 Å². The average molecular weight is 341 g/mol. The highest BCUT2D eigenvalue weighted by molar-refractivity contribution is 5.89. The summed E-state index contributed by atoms with van der Waals surface area (Å²) in [5, 5.41) is 3.45. The van der Waals surface area contributed by atoms with Crippen LogP contribution in [0, 0.1) is 0 Å². The molecule has 1 aromatic carbocycles. The monoisotopic (exact) mass is 341 g/mol. The number of aliphatic imine (C=N–C) groups is 1. The number of dihydropyridines is 1. The summed E-state index contributed by atoms with van der Waals surface area (Å²) in [6.45, 7) is 0. The number of amidine groups is 1. The van der Waals surface area contributed by atoms with Crippen molar-refractivity contribution in [1.29, 1.82) is 0 Å². The Morgan fingerprint density at radius 2 is 1.96 bits per heavy atom. The molecule has 1 aliphatic carbocycles. The molecule has 1 N–H and O–H groups in total. The largest absolute Gasteiger partial charge is 0.359 e. The quantitative estimate of drug-likeness (QED) is 0.932. The number of likely N-dealkylation sites (N-methyl/N-ethyl adjacent to an activating group) is 1. The van der Waals surface area contributed by atoms with E-state index in [4.69, 9.17) is 9.98 Å². The minimum absolute atomic E-state index is 0.470. The summed E-state index contributed by atoms with van der Waals surface area (Å²) >= 11 is 0. The van der Waals surface area contributed by atoms with Crippen molar-refractivity contribution in [3.05, 3.63) is 84.0 Å². The SMILES string of the molecule is CN1C2=CC=CC3=CC=CNC32N=C1CCc1cnc2ccccc2n1. The first-order valence-electron chi connectivity index (χ1n) is 8.83. The van der Waals surface area contributed by atoms with E-state index >= 15 is 0 Å². The molecular formula is C21H19N5. The topological polar surface area (TPSA) is 53.4 Å². The van der Waals surface area contributed by atoms with Crippen LogP contribution in [0.2, 0.25) is 0 Å². The molecular weight excluding hydrogens is 322 g/mol. The highest BCUT2D eigenvalue weighted by atomic mass is 15.3. The molecule has 2 aromatic rings. The molecule has 5 rings (SSSR count). The Balaban J connectivity index is 1.42. The minimum Gasteiger partial charge on any atom is -0.359 e. The van der Waals surface area contributed by atoms with Crippen LogP contribution in [-0.2, 0) is 6.42 Å². The Morgan fingerprint density at radius 3 is 2.88 bits per heavy atom. The van der Waals surface area contributed by atoms with Crippen LogP contribution in [0.15, 0.2) is 83.3 Å². The highest BCUT2D eigenvalue weighted by Gasteiger charge is 2.46. The molecule has 1 aromatic heterocycles. The van der Waals surface area contributed by atoms with Gasteiger partial charge in [0.05, 0.1) is 22.4 Å². The lowest BCUT2D eigenvalue weighted by Crippen LogP contribution is -2.46. The lowest BCUT2D eigenvalue weighted by atomic mass is 9.90. The molecule has 5 heteroatoms. The summed E-state index contributed by atoms with van der Waals surface area (Å²) in [5.74, 6) is 1.06. The zero-order valence-electron chi connectivity index (χ0n) is 14.6. The molecule has 0 bridgehead atoms. The number of benzene rings is 1. The molecule has 1 unspecified atom stereocenters. The zero-order chi connectivity index (χ0) is 17.6. The first-order chi connectivity index (χ1) is 12.8. The van der Waals surface area contributed by atoms with Gasteiger partial charge in [-0.2, -0.15) is 0 Å². The number of allylic oxidation sites excluding steroid dienone is 4. The molecule has 0 fully saturated rings. The van der Waals surface area contributed by atoms with Crippen molar-refractivity contribution >= 4 is 16.9 Å². The summed E-state index contributed by atoms with van der Waals surface area (Å²) in [4.78, 5) is 16.5. The van der Waals surface area contributed by atoms with Crippen molar-refractivity contribution in [2.24, 2.45) is 4.99 Å².